The van der Waals surface area contributed by atoms with Crippen LogP contribution in [-0.2, 0) is 9.53 Å². The lowest BCUT2D eigenvalue weighted by Gasteiger charge is -2.25. The van der Waals surface area contributed by atoms with E-state index in [0.717, 1.165) is 5.57 Å². The van der Waals surface area contributed by atoms with Gasteiger partial charge in [-0.25, -0.2) is 4.79 Å². The molecule has 2 atom stereocenters. The number of methoxy groups -OCH3 is 1. The lowest BCUT2D eigenvalue weighted by molar-refractivity contribution is -0.136. The Labute approximate surface area is 95.9 Å². The summed E-state index contributed by atoms with van der Waals surface area (Å²) in [6.07, 6.45) is 6.01. The number of nitrogens with zero attached hydrogens (tertiary/aromatic N) is 1. The maximum atomic E-state index is 11.7. The summed E-state index contributed by atoms with van der Waals surface area (Å²) >= 11 is 0. The zero-order valence-electron chi connectivity index (χ0n) is 10.3. The topological polar surface area (TPSA) is 49.8 Å². The van der Waals surface area contributed by atoms with Gasteiger partial charge in [0.05, 0.1) is 20.6 Å². The minimum absolute atomic E-state index is 0.0892. The van der Waals surface area contributed by atoms with E-state index in [4.69, 9.17) is 6.11 Å². The third-order valence-corrected chi connectivity index (χ3v) is 2.90. The molecule has 0 fully saturated rings. The lowest BCUT2D eigenvalue weighted by atomic mass is 9.89. The van der Waals surface area contributed by atoms with Crippen LogP contribution in [0.5, 0.6) is 0 Å². The van der Waals surface area contributed by atoms with Crippen molar-refractivity contribution in [1.29, 1.82) is 0 Å². The number of allylic oxidation sites excluding steroid dienone is 1. The average Bonchev–Trinajstić information content (AvgIpc) is 2.70. The van der Waals surface area contributed by atoms with Crippen LogP contribution in [0.2, 0.25) is 0 Å². The third-order valence-electron chi connectivity index (χ3n) is 2.90. The molecule has 2 rings (SSSR count). The molecule has 86 valence electrons. The number of esters is 1. The molecule has 1 N–H and O–H groups in total. The Bertz CT molecular complexity index is 437. The van der Waals surface area contributed by atoms with E-state index in [2.05, 4.69) is 0 Å². The monoisotopic (exact) mass is 222 g/mol. The van der Waals surface area contributed by atoms with Gasteiger partial charge in [0, 0.05) is 25.4 Å². The number of aliphatic hydroxyl groups excluding tert-OH is 1. The Morgan fingerprint density at radius 1 is 1.75 bits per heavy atom. The first kappa shape index (κ1) is 9.66. The van der Waals surface area contributed by atoms with Gasteiger partial charge in [-0.1, -0.05) is 6.08 Å². The fourth-order valence-electron chi connectivity index (χ4n) is 2.16. The van der Waals surface area contributed by atoms with Crippen molar-refractivity contribution in [2.75, 3.05) is 20.7 Å². The predicted molar refractivity (Wildman–Crippen MR) is 59.2 cm³/mol. The number of hydrogen-bond donors (Lipinski definition) is 1. The van der Waals surface area contributed by atoms with Crippen LogP contribution in [0.4, 0.5) is 0 Å². The van der Waals surface area contributed by atoms with Crippen molar-refractivity contribution >= 4 is 5.97 Å². The highest BCUT2D eigenvalue weighted by Crippen LogP contribution is 2.39. The van der Waals surface area contributed by atoms with E-state index in [1.807, 2.05) is 12.3 Å². The van der Waals surface area contributed by atoms with E-state index in [0.29, 0.717) is 17.6 Å². The molecule has 1 aliphatic carbocycles. The van der Waals surface area contributed by atoms with Crippen molar-refractivity contribution in [2.45, 2.75) is 6.42 Å². The SMILES string of the molecule is [2H]C(O)C1=CCC2C(C(=O)OC)=CN(C)C=C12. The van der Waals surface area contributed by atoms with Crippen LogP contribution in [0.3, 0.4) is 0 Å². The second kappa shape index (κ2) is 4.14. The van der Waals surface area contributed by atoms with Crippen molar-refractivity contribution in [1.82, 2.24) is 4.90 Å². The average molecular weight is 222 g/mol. The van der Waals surface area contributed by atoms with Crippen LogP contribution < -0.4 is 0 Å². The molecule has 0 radical (unpaired) electrons. The molecule has 4 nitrogen and oxygen atoms in total. The van der Waals surface area contributed by atoms with Crippen molar-refractivity contribution in [2.24, 2.45) is 5.92 Å². The molecule has 0 spiro atoms. The van der Waals surface area contributed by atoms with Gasteiger partial charge in [-0.3, -0.25) is 0 Å². The van der Waals surface area contributed by atoms with Crippen LogP contribution in [0, 0.1) is 5.92 Å². The van der Waals surface area contributed by atoms with Crippen molar-refractivity contribution in [3.05, 3.63) is 35.2 Å². The lowest BCUT2D eigenvalue weighted by Crippen LogP contribution is -2.23. The van der Waals surface area contributed by atoms with Gasteiger partial charge >= 0.3 is 5.97 Å². The fraction of sp³-hybridized carbons (Fsp3) is 0.417. The van der Waals surface area contributed by atoms with Crippen molar-refractivity contribution in [3.8, 4) is 0 Å². The number of carbonyl (C=O) groups is 1. The minimum Gasteiger partial charge on any atom is -0.466 e. The van der Waals surface area contributed by atoms with Crippen LogP contribution >= 0.6 is 0 Å². The first-order valence-electron chi connectivity index (χ1n) is 5.66. The van der Waals surface area contributed by atoms with Crippen LogP contribution in [-0.4, -0.2) is 36.7 Å². The molecule has 1 heterocycles. The van der Waals surface area contributed by atoms with Gasteiger partial charge in [0.2, 0.25) is 0 Å². The highest BCUT2D eigenvalue weighted by molar-refractivity contribution is 5.90. The number of aliphatic hydroxyl groups is 1. The zero-order valence-corrected chi connectivity index (χ0v) is 9.30. The van der Waals surface area contributed by atoms with Gasteiger partial charge in [-0.15, -0.1) is 0 Å². The van der Waals surface area contributed by atoms with Gasteiger partial charge in [-0.05, 0) is 17.6 Å². The van der Waals surface area contributed by atoms with E-state index >= 15 is 0 Å². The summed E-state index contributed by atoms with van der Waals surface area (Å²) in [6, 6.07) is 0. The third kappa shape index (κ3) is 1.65. The standard InChI is InChI=1S/C12H15NO3/c1-13-5-10-8(7-14)3-4-9(10)11(6-13)12(15)16-2/h3,5-6,9,14H,4,7H2,1-2H3/i7D. The highest BCUT2D eigenvalue weighted by Gasteiger charge is 2.33. The molecule has 0 aromatic rings. The highest BCUT2D eigenvalue weighted by atomic mass is 16.5. The van der Waals surface area contributed by atoms with E-state index in [1.54, 1.807) is 18.1 Å². The van der Waals surface area contributed by atoms with Crippen molar-refractivity contribution in [3.63, 3.8) is 0 Å². The Kier molecular flexibility index (Phi) is 2.50. The molecule has 0 amide bonds. The molecule has 2 unspecified atom stereocenters. The van der Waals surface area contributed by atoms with Gasteiger partial charge in [0.25, 0.3) is 0 Å². The van der Waals surface area contributed by atoms with E-state index in [1.165, 1.54) is 7.11 Å². The van der Waals surface area contributed by atoms with E-state index in [-0.39, 0.29) is 11.9 Å². The molecule has 0 saturated heterocycles. The second-order valence-corrected chi connectivity index (χ2v) is 3.90. The van der Waals surface area contributed by atoms with Gasteiger partial charge < -0.3 is 14.7 Å². The Morgan fingerprint density at radius 3 is 3.12 bits per heavy atom. The molecule has 1 aliphatic heterocycles. The Morgan fingerprint density at radius 2 is 2.50 bits per heavy atom. The van der Waals surface area contributed by atoms with E-state index in [9.17, 15) is 9.90 Å². The number of fused-ring (bicyclic) bond motifs is 1. The number of ether oxygens (including phenoxy) is 1. The first-order chi connectivity index (χ1) is 8.04. The van der Waals surface area contributed by atoms with Crippen LogP contribution in [0.25, 0.3) is 0 Å². The normalized spacial score (nSPS) is 26.2. The predicted octanol–water partition coefficient (Wildman–Crippen LogP) is 0.811. The molecule has 4 heteroatoms. The summed E-state index contributed by atoms with van der Waals surface area (Å²) in [7, 11) is 3.15. The molecule has 0 aromatic heterocycles. The number of hydrogen-bond acceptors (Lipinski definition) is 4. The molecule has 0 bridgehead atoms. The summed E-state index contributed by atoms with van der Waals surface area (Å²) in [5.41, 5.74) is 1.98. The summed E-state index contributed by atoms with van der Waals surface area (Å²) in [4.78, 5) is 13.4. The summed E-state index contributed by atoms with van der Waals surface area (Å²) < 4.78 is 12.1. The largest absolute Gasteiger partial charge is 0.466 e. The zero-order chi connectivity index (χ0) is 12.6. The summed E-state index contributed by atoms with van der Waals surface area (Å²) in [6.45, 7) is -1.25. The quantitative estimate of drug-likeness (QED) is 0.702. The smallest absolute Gasteiger partial charge is 0.335 e. The van der Waals surface area contributed by atoms with Crippen LogP contribution in [0.1, 0.15) is 7.79 Å². The fourth-order valence-corrected chi connectivity index (χ4v) is 2.16. The maximum absolute atomic E-state index is 11.7. The van der Waals surface area contributed by atoms with Crippen LogP contribution in [0.15, 0.2) is 35.2 Å². The minimum atomic E-state index is -1.25. The Hall–Kier alpha value is -1.55. The first-order valence-corrected chi connectivity index (χ1v) is 5.09. The van der Waals surface area contributed by atoms with Gasteiger partial charge in [0.1, 0.15) is 0 Å². The molecule has 0 saturated carbocycles. The molecular weight excluding hydrogens is 206 g/mol. The molecule has 16 heavy (non-hydrogen) atoms. The van der Waals surface area contributed by atoms with Gasteiger partial charge in [0.15, 0.2) is 0 Å². The van der Waals surface area contributed by atoms with E-state index < -0.39 is 6.58 Å². The van der Waals surface area contributed by atoms with Crippen molar-refractivity contribution < 1.29 is 16.0 Å². The maximum Gasteiger partial charge on any atom is 0.335 e. The molecular formula is C12H15NO3. The molecule has 2 aliphatic rings. The Balaban J connectivity index is 2.32. The molecule has 0 aromatic carbocycles. The number of rotatable bonds is 2. The second-order valence-electron chi connectivity index (χ2n) is 3.90. The van der Waals surface area contributed by atoms with Gasteiger partial charge in [-0.2, -0.15) is 0 Å². The number of carbonyl (C=O) groups excluding carboxylic acids is 1. The summed E-state index contributed by atoms with van der Waals surface area (Å²) in [5.74, 6) is -0.449. The summed E-state index contributed by atoms with van der Waals surface area (Å²) in [5, 5.41) is 9.36.